The van der Waals surface area contributed by atoms with E-state index in [1.54, 1.807) is 16.9 Å². The van der Waals surface area contributed by atoms with Gasteiger partial charge in [0.1, 0.15) is 43.5 Å². The van der Waals surface area contributed by atoms with E-state index in [0.29, 0.717) is 0 Å². The van der Waals surface area contributed by atoms with Gasteiger partial charge >= 0.3 is 0 Å². The van der Waals surface area contributed by atoms with Gasteiger partial charge in [-0.1, -0.05) is 24.3 Å². The van der Waals surface area contributed by atoms with Gasteiger partial charge in [-0.2, -0.15) is 0 Å². The summed E-state index contributed by atoms with van der Waals surface area (Å²) in [7, 11) is 1.72. The average Bonchev–Trinajstić information content (AvgIpc) is 3.10. The molecule has 136 valence electrons. The lowest BCUT2D eigenvalue weighted by molar-refractivity contribution is -1.02. The number of fused-ring (bicyclic) bond motifs is 1. The molecule has 0 aliphatic carbocycles. The highest BCUT2D eigenvalue weighted by Gasteiger charge is 2.23. The minimum absolute atomic E-state index is 0.938. The molecular formula is C21H27N3OS+2. The number of nitrogens with one attached hydrogen (secondary N) is 2. The third-order valence-electron chi connectivity index (χ3n) is 5.33. The van der Waals surface area contributed by atoms with Gasteiger partial charge < -0.3 is 14.5 Å². The van der Waals surface area contributed by atoms with Crippen LogP contribution in [0.2, 0.25) is 0 Å². The number of ether oxygens (including phenoxy) is 1. The zero-order valence-electron chi connectivity index (χ0n) is 15.3. The van der Waals surface area contributed by atoms with Crippen molar-refractivity contribution in [2.24, 2.45) is 0 Å². The van der Waals surface area contributed by atoms with E-state index < -0.39 is 0 Å². The molecule has 26 heavy (non-hydrogen) atoms. The molecule has 0 bridgehead atoms. The Morgan fingerprint density at radius 1 is 0.962 bits per heavy atom. The fourth-order valence-electron chi connectivity index (χ4n) is 3.71. The summed E-state index contributed by atoms with van der Waals surface area (Å²) in [5, 5.41) is 1.28. The van der Waals surface area contributed by atoms with Gasteiger partial charge in [-0.25, -0.2) is 4.98 Å². The summed E-state index contributed by atoms with van der Waals surface area (Å²) in [6.07, 6.45) is 1.15. The maximum absolute atomic E-state index is 5.23. The molecule has 1 saturated heterocycles. The lowest BCUT2D eigenvalue weighted by atomic mass is 10.1. The predicted octanol–water partition coefficient (Wildman–Crippen LogP) is 0.831. The lowest BCUT2D eigenvalue weighted by Gasteiger charge is -2.29. The van der Waals surface area contributed by atoms with E-state index >= 15 is 0 Å². The van der Waals surface area contributed by atoms with Crippen LogP contribution >= 0.6 is 11.3 Å². The predicted molar refractivity (Wildman–Crippen MR) is 106 cm³/mol. The van der Waals surface area contributed by atoms with Crippen LogP contribution in [-0.4, -0.2) is 44.8 Å². The van der Waals surface area contributed by atoms with E-state index in [1.807, 2.05) is 11.3 Å². The highest BCUT2D eigenvalue weighted by Crippen LogP contribution is 2.20. The van der Waals surface area contributed by atoms with Gasteiger partial charge in [-0.3, -0.25) is 0 Å². The van der Waals surface area contributed by atoms with E-state index in [2.05, 4.69) is 48.5 Å². The van der Waals surface area contributed by atoms with Gasteiger partial charge in [-0.15, -0.1) is 11.3 Å². The van der Waals surface area contributed by atoms with Crippen LogP contribution in [0.5, 0.6) is 5.75 Å². The third-order valence-corrected chi connectivity index (χ3v) is 6.37. The van der Waals surface area contributed by atoms with Crippen molar-refractivity contribution < 1.29 is 14.5 Å². The summed E-state index contributed by atoms with van der Waals surface area (Å²) < 4.78 is 6.54. The number of hydrogen-bond donors (Lipinski definition) is 2. The highest BCUT2D eigenvalue weighted by molar-refractivity contribution is 7.18. The summed E-state index contributed by atoms with van der Waals surface area (Å²) in [6, 6.07) is 17.0. The Balaban J connectivity index is 1.24. The van der Waals surface area contributed by atoms with Crippen LogP contribution in [0, 0.1) is 0 Å². The minimum Gasteiger partial charge on any atom is -0.497 e. The fraction of sp³-hybridized carbons (Fsp3) is 0.381. The van der Waals surface area contributed by atoms with E-state index in [-0.39, 0.29) is 0 Å². The van der Waals surface area contributed by atoms with Crippen LogP contribution in [0.25, 0.3) is 10.2 Å². The Bertz CT molecular complexity index is 805. The molecule has 4 rings (SSSR count). The summed E-state index contributed by atoms with van der Waals surface area (Å²) in [5.41, 5.74) is 2.55. The van der Waals surface area contributed by atoms with Crippen molar-refractivity contribution in [3.05, 3.63) is 59.1 Å². The van der Waals surface area contributed by atoms with Gasteiger partial charge in [0.2, 0.25) is 0 Å². The molecule has 4 nitrogen and oxygen atoms in total. The van der Waals surface area contributed by atoms with Crippen LogP contribution in [-0.2, 0) is 13.0 Å². The van der Waals surface area contributed by atoms with Crippen molar-refractivity contribution >= 4 is 21.6 Å². The van der Waals surface area contributed by atoms with Crippen LogP contribution in [0.3, 0.4) is 0 Å². The van der Waals surface area contributed by atoms with Crippen molar-refractivity contribution in [3.8, 4) is 5.75 Å². The molecule has 2 heterocycles. The van der Waals surface area contributed by atoms with Crippen molar-refractivity contribution in [1.82, 2.24) is 4.98 Å². The Hall–Kier alpha value is -1.95. The number of rotatable bonds is 6. The van der Waals surface area contributed by atoms with E-state index in [0.717, 1.165) is 24.2 Å². The largest absolute Gasteiger partial charge is 0.497 e. The third kappa shape index (κ3) is 4.23. The number of quaternary nitrogens is 2. The average molecular weight is 370 g/mol. The lowest BCUT2D eigenvalue weighted by Crippen LogP contribution is -3.27. The number of methoxy groups -OCH3 is 1. The Labute approximate surface area is 159 Å². The highest BCUT2D eigenvalue weighted by atomic mass is 32.1. The molecule has 0 radical (unpaired) electrons. The zero-order valence-corrected chi connectivity index (χ0v) is 16.1. The number of thiazole rings is 1. The second kappa shape index (κ2) is 8.16. The minimum atomic E-state index is 0.938. The first-order valence-electron chi connectivity index (χ1n) is 9.44. The van der Waals surface area contributed by atoms with Gasteiger partial charge in [0.25, 0.3) is 0 Å². The molecule has 0 atom stereocenters. The van der Waals surface area contributed by atoms with Gasteiger partial charge in [0.05, 0.1) is 23.9 Å². The standard InChI is InChI=1S/C21H25N3OS/c1-25-18-8-6-17(7-9-18)10-11-23-12-14-24(15-13-23)16-21-22-19-4-2-3-5-20(19)26-21/h2-9H,10-16H2,1H3/p+2. The number of hydrogen-bond acceptors (Lipinski definition) is 3. The van der Waals surface area contributed by atoms with Gasteiger partial charge in [0, 0.05) is 6.42 Å². The van der Waals surface area contributed by atoms with Crippen molar-refractivity contribution in [2.45, 2.75) is 13.0 Å². The molecule has 0 unspecified atom stereocenters. The van der Waals surface area contributed by atoms with Gasteiger partial charge in [-0.05, 0) is 29.8 Å². The normalized spacial score (nSPS) is 20.3. The monoisotopic (exact) mass is 369 g/mol. The van der Waals surface area contributed by atoms with Crippen molar-refractivity contribution in [3.63, 3.8) is 0 Å². The summed E-state index contributed by atoms with van der Waals surface area (Å²) >= 11 is 1.85. The van der Waals surface area contributed by atoms with Crippen LogP contribution < -0.4 is 14.5 Å². The van der Waals surface area contributed by atoms with Crippen molar-refractivity contribution in [1.29, 1.82) is 0 Å². The van der Waals surface area contributed by atoms with Gasteiger partial charge in [0.15, 0.2) is 0 Å². The molecule has 3 aromatic rings. The second-order valence-electron chi connectivity index (χ2n) is 7.10. The van der Waals surface area contributed by atoms with Crippen LogP contribution in [0.1, 0.15) is 10.6 Å². The first-order valence-corrected chi connectivity index (χ1v) is 10.3. The molecule has 5 heteroatoms. The number of aromatic nitrogens is 1. The van der Waals surface area contributed by atoms with E-state index in [4.69, 9.17) is 9.72 Å². The quantitative estimate of drug-likeness (QED) is 0.674. The number of para-hydroxylation sites is 1. The molecule has 1 aliphatic heterocycles. The summed E-state index contributed by atoms with van der Waals surface area (Å²) in [4.78, 5) is 8.21. The maximum atomic E-state index is 5.23. The number of piperazine rings is 1. The second-order valence-corrected chi connectivity index (χ2v) is 8.22. The SMILES string of the molecule is COc1ccc(CC[NH+]2CC[NH+](Cc3nc4ccccc4s3)CC2)cc1. The molecule has 2 N–H and O–H groups in total. The van der Waals surface area contributed by atoms with E-state index in [1.165, 1.54) is 48.0 Å². The molecule has 1 aliphatic rings. The molecule has 1 aromatic heterocycles. The number of benzene rings is 2. The topological polar surface area (TPSA) is 31.0 Å². The Morgan fingerprint density at radius 2 is 1.69 bits per heavy atom. The molecule has 0 saturated carbocycles. The first kappa shape index (κ1) is 17.5. The molecule has 1 fully saturated rings. The van der Waals surface area contributed by atoms with E-state index in [9.17, 15) is 0 Å². The summed E-state index contributed by atoms with van der Waals surface area (Å²) in [5.74, 6) is 0.938. The Kier molecular flexibility index (Phi) is 5.48. The molecule has 0 amide bonds. The fourth-order valence-corrected chi connectivity index (χ4v) is 4.75. The smallest absolute Gasteiger partial charge is 0.148 e. The van der Waals surface area contributed by atoms with Crippen LogP contribution in [0.4, 0.5) is 0 Å². The molecule has 2 aromatic carbocycles. The summed E-state index contributed by atoms with van der Waals surface area (Å²) in [6.45, 7) is 7.31. The van der Waals surface area contributed by atoms with Crippen LogP contribution in [0.15, 0.2) is 48.5 Å². The zero-order chi connectivity index (χ0) is 17.8. The molecular weight excluding hydrogens is 342 g/mol. The maximum Gasteiger partial charge on any atom is 0.148 e. The number of nitrogens with zero attached hydrogens (tertiary/aromatic N) is 1. The molecule has 0 spiro atoms. The first-order chi connectivity index (χ1) is 12.8. The van der Waals surface area contributed by atoms with Crippen molar-refractivity contribution in [2.75, 3.05) is 39.8 Å². The Morgan fingerprint density at radius 3 is 2.42 bits per heavy atom.